The van der Waals surface area contributed by atoms with Crippen molar-refractivity contribution in [2.24, 2.45) is 58.2 Å². The lowest BCUT2D eigenvalue weighted by Gasteiger charge is -2.63. The fourth-order valence-electron chi connectivity index (χ4n) is 10.5. The van der Waals surface area contributed by atoms with E-state index < -0.39 is 41.3 Å². The zero-order chi connectivity index (χ0) is 24.2. The van der Waals surface area contributed by atoms with Crippen molar-refractivity contribution >= 4 is 5.78 Å². The van der Waals surface area contributed by atoms with Gasteiger partial charge in [-0.1, -0.05) is 34.6 Å². The Balaban J connectivity index is 1.56. The van der Waals surface area contributed by atoms with E-state index in [0.717, 1.165) is 12.8 Å². The first-order valence-corrected chi connectivity index (χ1v) is 13.2. The quantitative estimate of drug-likeness (QED) is 0.427. The van der Waals surface area contributed by atoms with Crippen LogP contribution < -0.4 is 0 Å². The highest BCUT2D eigenvalue weighted by Gasteiger charge is 2.74. The Labute approximate surface area is 197 Å². The van der Waals surface area contributed by atoms with Gasteiger partial charge in [0.25, 0.3) is 0 Å². The summed E-state index contributed by atoms with van der Waals surface area (Å²) in [7, 11) is 0. The second kappa shape index (κ2) is 7.49. The molecule has 5 N–H and O–H groups in total. The molecule has 33 heavy (non-hydrogen) atoms. The summed E-state index contributed by atoms with van der Waals surface area (Å²) in [6.45, 7) is 10.6. The number of hydrogen-bond donors (Lipinski definition) is 5. The molecule has 0 spiro atoms. The molecule has 0 saturated heterocycles. The number of fused-ring (bicyclic) bond motifs is 7. The molecule has 0 heterocycles. The van der Waals surface area contributed by atoms with E-state index in [4.69, 9.17) is 0 Å². The van der Waals surface area contributed by atoms with Crippen LogP contribution in [0.4, 0.5) is 0 Å². The highest BCUT2D eigenvalue weighted by Crippen LogP contribution is 2.71. The second-order valence-electron chi connectivity index (χ2n) is 13.7. The van der Waals surface area contributed by atoms with Gasteiger partial charge in [0.05, 0.1) is 35.9 Å². The maximum Gasteiger partial charge on any atom is 0.143 e. The molecule has 5 aliphatic rings. The minimum atomic E-state index is -1.03. The number of carbonyl (C=O) groups is 1. The number of rotatable bonds is 2. The molecule has 5 fully saturated rings. The van der Waals surface area contributed by atoms with Gasteiger partial charge in [0, 0.05) is 11.8 Å². The lowest BCUT2D eigenvalue weighted by Crippen LogP contribution is -2.66. The molecule has 0 aromatic carbocycles. The lowest BCUT2D eigenvalue weighted by atomic mass is 9.42. The molecule has 0 unspecified atom stereocenters. The smallest absolute Gasteiger partial charge is 0.143 e. The van der Waals surface area contributed by atoms with Crippen molar-refractivity contribution in [2.75, 3.05) is 0 Å². The minimum absolute atomic E-state index is 0.00241. The van der Waals surface area contributed by atoms with Gasteiger partial charge in [-0.05, 0) is 78.9 Å². The van der Waals surface area contributed by atoms with Gasteiger partial charge >= 0.3 is 0 Å². The average molecular weight is 465 g/mol. The molecule has 6 heteroatoms. The minimum Gasteiger partial charge on any atom is -0.390 e. The molecular formula is C27H44O6. The number of ketones is 1. The van der Waals surface area contributed by atoms with E-state index in [1.54, 1.807) is 0 Å². The van der Waals surface area contributed by atoms with Crippen LogP contribution in [0.2, 0.25) is 0 Å². The summed E-state index contributed by atoms with van der Waals surface area (Å²) in [6.07, 6.45) is -0.202. The van der Waals surface area contributed by atoms with Crippen molar-refractivity contribution in [2.45, 2.75) is 103 Å². The molecule has 6 nitrogen and oxygen atoms in total. The molecule has 0 aromatic heterocycles. The van der Waals surface area contributed by atoms with Gasteiger partial charge in [0.1, 0.15) is 5.78 Å². The van der Waals surface area contributed by atoms with Crippen molar-refractivity contribution in [1.82, 2.24) is 0 Å². The zero-order valence-electron chi connectivity index (χ0n) is 20.8. The van der Waals surface area contributed by atoms with Crippen molar-refractivity contribution in [3.8, 4) is 0 Å². The van der Waals surface area contributed by atoms with Crippen molar-refractivity contribution < 1.29 is 30.3 Å². The third kappa shape index (κ3) is 3.06. The summed E-state index contributed by atoms with van der Waals surface area (Å²) in [5.74, 6) is -0.777. The van der Waals surface area contributed by atoms with Crippen molar-refractivity contribution in [3.63, 3.8) is 0 Å². The molecule has 0 aliphatic heterocycles. The van der Waals surface area contributed by atoms with Crippen LogP contribution in [0.1, 0.15) is 73.1 Å². The lowest BCUT2D eigenvalue weighted by molar-refractivity contribution is -0.235. The Morgan fingerprint density at radius 1 is 0.939 bits per heavy atom. The monoisotopic (exact) mass is 464 g/mol. The van der Waals surface area contributed by atoms with E-state index in [9.17, 15) is 30.3 Å². The summed E-state index contributed by atoms with van der Waals surface area (Å²) >= 11 is 0. The maximum atomic E-state index is 14.2. The van der Waals surface area contributed by atoms with Gasteiger partial charge in [0.2, 0.25) is 0 Å². The first-order chi connectivity index (χ1) is 15.3. The number of hydrogen-bond acceptors (Lipinski definition) is 6. The molecule has 0 bridgehead atoms. The van der Waals surface area contributed by atoms with Crippen LogP contribution in [0, 0.1) is 58.2 Å². The van der Waals surface area contributed by atoms with Crippen LogP contribution in [0.25, 0.3) is 0 Å². The Bertz CT molecular complexity index is 814. The van der Waals surface area contributed by atoms with Crippen LogP contribution in [-0.4, -0.2) is 61.3 Å². The predicted molar refractivity (Wildman–Crippen MR) is 123 cm³/mol. The summed E-state index contributed by atoms with van der Waals surface area (Å²) in [6, 6.07) is 0. The van der Waals surface area contributed by atoms with E-state index in [2.05, 4.69) is 34.6 Å². The normalized spacial score (nSPS) is 60.3. The Morgan fingerprint density at radius 3 is 2.24 bits per heavy atom. The molecule has 5 rings (SSSR count). The average Bonchev–Trinajstić information content (AvgIpc) is 3.11. The van der Waals surface area contributed by atoms with Gasteiger partial charge < -0.3 is 25.5 Å². The van der Waals surface area contributed by atoms with Crippen LogP contribution in [0.5, 0.6) is 0 Å². The van der Waals surface area contributed by atoms with E-state index in [-0.39, 0.29) is 59.0 Å². The highest BCUT2D eigenvalue weighted by atomic mass is 16.3. The second-order valence-corrected chi connectivity index (χ2v) is 13.7. The van der Waals surface area contributed by atoms with E-state index >= 15 is 0 Å². The molecule has 5 aliphatic carbocycles. The number of aliphatic hydroxyl groups is 5. The fraction of sp³-hybridized carbons (Fsp3) is 0.963. The zero-order valence-corrected chi connectivity index (χ0v) is 20.8. The van der Waals surface area contributed by atoms with Gasteiger partial charge in [-0.3, -0.25) is 4.79 Å². The maximum absolute atomic E-state index is 14.2. The summed E-state index contributed by atoms with van der Waals surface area (Å²) < 4.78 is 0. The number of carbonyl (C=O) groups excluding carboxylic acids is 1. The standard InChI is InChI=1S/C27H44O6/c1-12(2)9-27(33)10-13(3)19-21(27)24(32)20-18-14(6-7-25(19,20)4)26(5)11-17(29)16(28)8-15(26)22(30)23(18)31/h12-23,28-31,33H,6-11H2,1-5H3/t13-,14+,15-,16+,17+,18-,19+,20-,21-,22-,23-,25-,26-,27-/m1/s1. The molecule has 5 saturated carbocycles. The Hall–Kier alpha value is -0.530. The van der Waals surface area contributed by atoms with Crippen LogP contribution >= 0.6 is 0 Å². The molecule has 14 atom stereocenters. The van der Waals surface area contributed by atoms with Gasteiger partial charge in [-0.15, -0.1) is 0 Å². The summed E-state index contributed by atoms with van der Waals surface area (Å²) in [4.78, 5) is 14.2. The van der Waals surface area contributed by atoms with Crippen molar-refractivity contribution in [3.05, 3.63) is 0 Å². The first-order valence-electron chi connectivity index (χ1n) is 13.2. The summed E-state index contributed by atoms with van der Waals surface area (Å²) in [5.41, 5.74) is -1.75. The van der Waals surface area contributed by atoms with Gasteiger partial charge in [0.15, 0.2) is 0 Å². The molecule has 0 amide bonds. The Morgan fingerprint density at radius 2 is 1.61 bits per heavy atom. The van der Waals surface area contributed by atoms with Gasteiger partial charge in [-0.2, -0.15) is 0 Å². The van der Waals surface area contributed by atoms with E-state index in [0.29, 0.717) is 19.3 Å². The summed E-state index contributed by atoms with van der Waals surface area (Å²) in [5, 5.41) is 55.3. The molecule has 0 radical (unpaired) electrons. The topological polar surface area (TPSA) is 118 Å². The van der Waals surface area contributed by atoms with Crippen LogP contribution in [-0.2, 0) is 4.79 Å². The molecule has 188 valence electrons. The molecular weight excluding hydrogens is 420 g/mol. The third-order valence-corrected chi connectivity index (χ3v) is 11.4. The van der Waals surface area contributed by atoms with Crippen molar-refractivity contribution in [1.29, 1.82) is 0 Å². The third-order valence-electron chi connectivity index (χ3n) is 11.4. The van der Waals surface area contributed by atoms with E-state index in [1.807, 2.05) is 0 Å². The fourth-order valence-corrected chi connectivity index (χ4v) is 10.5. The highest BCUT2D eigenvalue weighted by molar-refractivity contribution is 5.89. The Kier molecular flexibility index (Phi) is 5.49. The largest absolute Gasteiger partial charge is 0.390 e. The number of Topliss-reactive ketones (excluding diaryl/α,β-unsaturated/α-hetero) is 1. The van der Waals surface area contributed by atoms with E-state index in [1.165, 1.54) is 0 Å². The number of aliphatic hydroxyl groups excluding tert-OH is 4. The SMILES string of the molecule is CC(C)C[C@@]1(O)C[C@@H](C)[C@H]2[C@@H]1C(=O)[C@H]1[C@@H]3[C@@H](O)[C@H](O)[C@H]4C[C@H](O)[C@@H](O)C[C@]4(C)[C@H]3CC[C@]21C. The first kappa shape index (κ1) is 24.2. The molecule has 0 aromatic rings. The van der Waals surface area contributed by atoms with Crippen LogP contribution in [0.15, 0.2) is 0 Å². The van der Waals surface area contributed by atoms with Crippen LogP contribution in [0.3, 0.4) is 0 Å². The predicted octanol–water partition coefficient (Wildman–Crippen LogP) is 2.14. The van der Waals surface area contributed by atoms with Gasteiger partial charge in [-0.25, -0.2) is 0 Å².